The van der Waals surface area contributed by atoms with E-state index in [1.165, 1.54) is 23.0 Å². The molecule has 0 spiro atoms. The van der Waals surface area contributed by atoms with E-state index in [1.54, 1.807) is 0 Å². The molecule has 0 aromatic rings. The van der Waals surface area contributed by atoms with Crippen molar-refractivity contribution in [3.8, 4) is 0 Å². The van der Waals surface area contributed by atoms with Crippen LogP contribution in [0.5, 0.6) is 0 Å². The summed E-state index contributed by atoms with van der Waals surface area (Å²) < 4.78 is 0. The van der Waals surface area contributed by atoms with E-state index >= 15 is 0 Å². The molecule has 4 aliphatic heterocycles. The van der Waals surface area contributed by atoms with Gasteiger partial charge in [0.05, 0.1) is 0 Å². The minimum Gasteiger partial charge on any atom is -0.197 e. The fourth-order valence-electron chi connectivity index (χ4n) is 0.786. The molecule has 4 rings (SSSR count). The van der Waals surface area contributed by atoms with Crippen LogP contribution in [0.15, 0.2) is 45.9 Å². The van der Waals surface area contributed by atoms with Crippen LogP contribution in [-0.2, 0) is 0 Å². The van der Waals surface area contributed by atoms with Gasteiger partial charge in [0, 0.05) is 23.0 Å². The Morgan fingerprint density at radius 2 is 0.636 bits per heavy atom. The zero-order valence-electron chi connectivity index (χ0n) is 11.7. The molecule has 0 saturated heterocycles. The lowest BCUT2D eigenvalue weighted by atomic mass is 10.8. The van der Waals surface area contributed by atoms with Gasteiger partial charge in [0.15, 0.2) is 0 Å². The summed E-state index contributed by atoms with van der Waals surface area (Å²) >= 11 is 0. The molecule has 128 valence electrons. The normalized spacial score (nSPS) is 18.9. The van der Waals surface area contributed by atoms with Crippen LogP contribution < -0.4 is 0 Å². The van der Waals surface area contributed by atoms with E-state index in [-0.39, 0.29) is 27.0 Å². The molecule has 4 aliphatic rings. The van der Waals surface area contributed by atoms with Gasteiger partial charge >= 0.3 is 0 Å². The second kappa shape index (κ2) is 23.5. The first-order valence-electron chi connectivity index (χ1n) is 5.73. The second-order valence-corrected chi connectivity index (χ2v) is 12.3. The van der Waals surface area contributed by atoms with Crippen molar-refractivity contribution in [1.29, 1.82) is 0 Å². The van der Waals surface area contributed by atoms with Gasteiger partial charge in [-0.05, 0) is 21.6 Å². The Bertz CT molecular complexity index is 238. The molecule has 10 heteroatoms. The van der Waals surface area contributed by atoms with Crippen molar-refractivity contribution < 1.29 is 0 Å². The van der Waals surface area contributed by atoms with E-state index < -0.39 is 0 Å². The standard InChI is InChI=1S/4C3H4S2.2H2S/c4*1-2-4-5-3-1;;/h4*1-2H,3H2;2*1H2. The van der Waals surface area contributed by atoms with Crippen molar-refractivity contribution in [3.63, 3.8) is 0 Å². The first-order valence-corrected chi connectivity index (χ1v) is 15.3. The summed E-state index contributed by atoms with van der Waals surface area (Å²) in [4.78, 5) is 0. The maximum Gasteiger partial charge on any atom is 0.0229 e. The topological polar surface area (TPSA) is 0 Å². The lowest BCUT2D eigenvalue weighted by Gasteiger charge is -1.69. The molecule has 0 aliphatic carbocycles. The quantitative estimate of drug-likeness (QED) is 0.315. The van der Waals surface area contributed by atoms with Gasteiger partial charge < -0.3 is 0 Å². The third-order valence-electron chi connectivity index (χ3n) is 1.54. The van der Waals surface area contributed by atoms with E-state index in [1.807, 2.05) is 86.4 Å². The molecule has 0 amide bonds. The molecule has 0 aromatic carbocycles. The van der Waals surface area contributed by atoms with Gasteiger partial charge in [0.2, 0.25) is 0 Å². The van der Waals surface area contributed by atoms with Crippen molar-refractivity contribution in [2.45, 2.75) is 0 Å². The molecule has 0 nitrogen and oxygen atoms in total. The first kappa shape index (κ1) is 26.7. The smallest absolute Gasteiger partial charge is 0.0229 e. The van der Waals surface area contributed by atoms with E-state index in [0.717, 1.165) is 0 Å². The zero-order chi connectivity index (χ0) is 14.1. The maximum atomic E-state index is 2.16. The molecule has 0 fully saturated rings. The van der Waals surface area contributed by atoms with Gasteiger partial charge in [-0.2, -0.15) is 27.0 Å². The fraction of sp³-hybridized carbons (Fsp3) is 0.333. The minimum absolute atomic E-state index is 0. The summed E-state index contributed by atoms with van der Waals surface area (Å²) in [6, 6.07) is 0. The molecule has 0 aromatic heterocycles. The van der Waals surface area contributed by atoms with Crippen molar-refractivity contribution in [3.05, 3.63) is 45.9 Å². The van der Waals surface area contributed by atoms with Crippen molar-refractivity contribution in [2.24, 2.45) is 0 Å². The highest BCUT2D eigenvalue weighted by atomic mass is 33.1. The lowest BCUT2D eigenvalue weighted by Crippen LogP contribution is -1.46. The van der Waals surface area contributed by atoms with Crippen LogP contribution in [0.3, 0.4) is 0 Å². The van der Waals surface area contributed by atoms with Crippen LogP contribution in [0, 0.1) is 0 Å². The summed E-state index contributed by atoms with van der Waals surface area (Å²) in [7, 11) is 14.8. The number of rotatable bonds is 0. The second-order valence-electron chi connectivity index (χ2n) is 3.01. The van der Waals surface area contributed by atoms with Crippen LogP contribution >= 0.6 is 113 Å². The SMILES string of the molecule is C1=CSSC1.C1=CSSC1.C1=CSSC1.C1=CSSC1.S.S. The van der Waals surface area contributed by atoms with Crippen molar-refractivity contribution in [1.82, 2.24) is 0 Å². The highest BCUT2D eigenvalue weighted by Crippen LogP contribution is 2.29. The molecule has 0 atom stereocenters. The van der Waals surface area contributed by atoms with Gasteiger partial charge in [0.25, 0.3) is 0 Å². The molecule has 0 saturated carbocycles. The molecule has 22 heavy (non-hydrogen) atoms. The average molecular weight is 485 g/mol. The summed E-state index contributed by atoms with van der Waals surface area (Å²) in [6.07, 6.45) is 8.65. The Hall–Kier alpha value is 2.46. The highest BCUT2D eigenvalue weighted by Gasteiger charge is 1.87. The van der Waals surface area contributed by atoms with Gasteiger partial charge in [-0.15, -0.1) is 0 Å². The number of hydrogen-bond acceptors (Lipinski definition) is 8. The third-order valence-corrected chi connectivity index (χ3v) is 9.21. The highest BCUT2D eigenvalue weighted by molar-refractivity contribution is 8.79. The molecule has 0 unspecified atom stereocenters. The van der Waals surface area contributed by atoms with Crippen LogP contribution in [0.1, 0.15) is 0 Å². The van der Waals surface area contributed by atoms with Gasteiger partial charge in [-0.1, -0.05) is 111 Å². The van der Waals surface area contributed by atoms with E-state index in [0.29, 0.717) is 0 Å². The maximum absolute atomic E-state index is 2.16. The Morgan fingerprint density at radius 3 is 0.682 bits per heavy atom. The molecular formula is C12H20S10. The van der Waals surface area contributed by atoms with Crippen molar-refractivity contribution >= 4 is 113 Å². The third kappa shape index (κ3) is 20.5. The summed E-state index contributed by atoms with van der Waals surface area (Å²) in [6.45, 7) is 0. The van der Waals surface area contributed by atoms with Crippen molar-refractivity contribution in [2.75, 3.05) is 23.0 Å². The van der Waals surface area contributed by atoms with E-state index in [4.69, 9.17) is 0 Å². The van der Waals surface area contributed by atoms with E-state index in [9.17, 15) is 0 Å². The lowest BCUT2D eigenvalue weighted by molar-refractivity contribution is 1.84. The van der Waals surface area contributed by atoms with Gasteiger partial charge in [0.1, 0.15) is 0 Å². The zero-order valence-corrected chi connectivity index (χ0v) is 20.2. The average Bonchev–Trinajstić information content (AvgIpc) is 3.40. The van der Waals surface area contributed by atoms with Crippen LogP contribution in [0.25, 0.3) is 0 Å². The van der Waals surface area contributed by atoms with Gasteiger partial charge in [-0.3, -0.25) is 0 Å². The Morgan fingerprint density at radius 1 is 0.409 bits per heavy atom. The largest absolute Gasteiger partial charge is 0.197 e. The van der Waals surface area contributed by atoms with Crippen LogP contribution in [0.4, 0.5) is 0 Å². The summed E-state index contributed by atoms with van der Waals surface area (Å²) in [5.74, 6) is 4.80. The first-order chi connectivity index (χ1) is 10.0. The Labute approximate surface area is 180 Å². The fourth-order valence-corrected chi connectivity index (χ4v) is 7.07. The van der Waals surface area contributed by atoms with E-state index in [2.05, 4.69) is 45.9 Å². The molecule has 4 heterocycles. The Kier molecular flexibility index (Phi) is 28.5. The predicted octanol–water partition coefficient (Wildman–Crippen LogP) is 7.81. The monoisotopic (exact) mass is 484 g/mol. The van der Waals surface area contributed by atoms with Crippen LogP contribution in [0.2, 0.25) is 0 Å². The number of hydrogen-bond donors (Lipinski definition) is 0. The molecule has 0 bridgehead atoms. The summed E-state index contributed by atoms with van der Waals surface area (Å²) in [5, 5.41) is 8.46. The summed E-state index contributed by atoms with van der Waals surface area (Å²) in [5.41, 5.74) is 0. The van der Waals surface area contributed by atoms with Gasteiger partial charge in [-0.25, -0.2) is 0 Å². The van der Waals surface area contributed by atoms with Crippen LogP contribution in [-0.4, -0.2) is 23.0 Å². The molecule has 0 N–H and O–H groups in total. The Balaban J connectivity index is 0. The predicted molar refractivity (Wildman–Crippen MR) is 138 cm³/mol. The molecule has 0 radical (unpaired) electrons. The molecular weight excluding hydrogens is 465 g/mol. The minimum atomic E-state index is 0.